The third-order valence-electron chi connectivity index (χ3n) is 5.01. The van der Waals surface area contributed by atoms with Crippen LogP contribution in [0.15, 0.2) is 60.1 Å². The topological polar surface area (TPSA) is 50.3 Å². The Morgan fingerprint density at radius 1 is 1.07 bits per heavy atom. The number of fused-ring (bicyclic) bond motifs is 1. The quantitative estimate of drug-likeness (QED) is 0.523. The molecule has 5 rings (SSSR count). The van der Waals surface area contributed by atoms with Gasteiger partial charge in [-0.15, -0.1) is 11.3 Å². The van der Waals surface area contributed by atoms with Gasteiger partial charge in [0.15, 0.2) is 0 Å². The molecular formula is C23H20N4OS. The van der Waals surface area contributed by atoms with Crippen LogP contribution in [0.4, 0.5) is 17.3 Å². The van der Waals surface area contributed by atoms with Gasteiger partial charge in [-0.1, -0.05) is 24.3 Å². The van der Waals surface area contributed by atoms with E-state index in [1.165, 1.54) is 5.69 Å². The van der Waals surface area contributed by atoms with E-state index in [0.717, 1.165) is 58.9 Å². The molecule has 1 aliphatic rings. The monoisotopic (exact) mass is 400 g/mol. The summed E-state index contributed by atoms with van der Waals surface area (Å²) < 4.78 is 6.48. The van der Waals surface area contributed by atoms with Gasteiger partial charge in [-0.25, -0.2) is 9.97 Å². The van der Waals surface area contributed by atoms with Crippen LogP contribution < -0.4 is 10.2 Å². The lowest BCUT2D eigenvalue weighted by molar-refractivity contribution is 0.122. The van der Waals surface area contributed by atoms with Crippen LogP contribution in [-0.2, 0) is 4.74 Å². The number of thiophene rings is 1. The van der Waals surface area contributed by atoms with E-state index in [-0.39, 0.29) is 0 Å². The Hall–Kier alpha value is -2.96. The molecule has 0 spiro atoms. The van der Waals surface area contributed by atoms with E-state index in [1.54, 1.807) is 11.3 Å². The molecule has 0 aliphatic carbocycles. The highest BCUT2D eigenvalue weighted by Gasteiger charge is 2.12. The van der Waals surface area contributed by atoms with Gasteiger partial charge in [-0.3, -0.25) is 0 Å². The summed E-state index contributed by atoms with van der Waals surface area (Å²) in [6.45, 7) is 9.37. The number of nitrogens with one attached hydrogen (secondary N) is 1. The fourth-order valence-electron chi connectivity index (χ4n) is 3.51. The van der Waals surface area contributed by atoms with Crippen molar-refractivity contribution in [3.63, 3.8) is 0 Å². The summed E-state index contributed by atoms with van der Waals surface area (Å²) in [5.41, 5.74) is 5.98. The summed E-state index contributed by atoms with van der Waals surface area (Å²) in [5.74, 6) is 0.583. The van der Waals surface area contributed by atoms with E-state index in [2.05, 4.69) is 50.9 Å². The summed E-state index contributed by atoms with van der Waals surface area (Å²) in [6.07, 6.45) is 1.87. The van der Waals surface area contributed by atoms with Crippen LogP contribution in [0.5, 0.6) is 0 Å². The molecule has 0 amide bonds. The van der Waals surface area contributed by atoms with Crippen LogP contribution in [0.3, 0.4) is 0 Å². The van der Waals surface area contributed by atoms with Crippen molar-refractivity contribution in [3.8, 4) is 11.1 Å². The molecule has 0 unspecified atom stereocenters. The molecule has 1 saturated heterocycles. The summed E-state index contributed by atoms with van der Waals surface area (Å²) in [5, 5.41) is 5.43. The number of hydrogen-bond donors (Lipinski definition) is 1. The molecule has 6 heteroatoms. The lowest BCUT2D eigenvalue weighted by Crippen LogP contribution is -2.36. The molecule has 2 aromatic heterocycles. The van der Waals surface area contributed by atoms with Crippen LogP contribution in [0.1, 0.15) is 5.56 Å². The molecule has 4 aromatic rings. The average Bonchev–Trinajstić information content (AvgIpc) is 3.18. The smallest absolute Gasteiger partial charge is 0.227 e. The van der Waals surface area contributed by atoms with Gasteiger partial charge in [-0.05, 0) is 42.3 Å². The second-order valence-corrected chi connectivity index (χ2v) is 7.86. The number of nitrogens with zero attached hydrogens (tertiary/aromatic N) is 3. The van der Waals surface area contributed by atoms with Crippen molar-refractivity contribution < 1.29 is 4.74 Å². The van der Waals surface area contributed by atoms with Crippen molar-refractivity contribution in [2.75, 3.05) is 36.5 Å². The molecular weight excluding hydrogens is 380 g/mol. The molecule has 2 aromatic carbocycles. The predicted molar refractivity (Wildman–Crippen MR) is 119 cm³/mol. The zero-order valence-electron chi connectivity index (χ0n) is 15.8. The van der Waals surface area contributed by atoms with E-state index in [1.807, 2.05) is 24.4 Å². The van der Waals surface area contributed by atoms with E-state index in [4.69, 9.17) is 16.6 Å². The van der Waals surface area contributed by atoms with Crippen molar-refractivity contribution in [1.82, 2.24) is 9.97 Å². The summed E-state index contributed by atoms with van der Waals surface area (Å²) in [4.78, 5) is 11.6. The summed E-state index contributed by atoms with van der Waals surface area (Å²) >= 11 is 1.64. The molecule has 0 bridgehead atoms. The van der Waals surface area contributed by atoms with E-state index >= 15 is 0 Å². The number of morpholine rings is 1. The van der Waals surface area contributed by atoms with Crippen molar-refractivity contribution in [2.24, 2.45) is 0 Å². The standard InChI is InChI=1S/C23H20N4OS/c1-16-3-2-4-17(13-16)20-15-29-21-14-24-23(26-22(20)21)25-18-5-7-19(8-6-18)27-9-11-28-12-10-27/h1-8,13-15H,9-12H2,(H,24,25,26). The van der Waals surface area contributed by atoms with Gasteiger partial charge in [0.2, 0.25) is 5.95 Å². The highest BCUT2D eigenvalue weighted by atomic mass is 32.1. The van der Waals surface area contributed by atoms with Crippen LogP contribution in [0.25, 0.3) is 21.3 Å². The third-order valence-corrected chi connectivity index (χ3v) is 5.92. The number of anilines is 3. The summed E-state index contributed by atoms with van der Waals surface area (Å²) in [7, 11) is 0. The molecule has 5 nitrogen and oxygen atoms in total. The lowest BCUT2D eigenvalue weighted by Gasteiger charge is -2.28. The number of aromatic nitrogens is 2. The van der Waals surface area contributed by atoms with Gasteiger partial charge in [-0.2, -0.15) is 0 Å². The lowest BCUT2D eigenvalue weighted by atomic mass is 10.1. The van der Waals surface area contributed by atoms with Crippen LogP contribution in [-0.4, -0.2) is 36.3 Å². The maximum atomic E-state index is 5.95. The van der Waals surface area contributed by atoms with Gasteiger partial charge in [0.25, 0.3) is 0 Å². The van der Waals surface area contributed by atoms with Crippen molar-refractivity contribution in [1.29, 1.82) is 0 Å². The van der Waals surface area contributed by atoms with Crippen LogP contribution >= 0.6 is 11.3 Å². The number of rotatable bonds is 4. The second kappa shape index (κ2) is 7.81. The Kier molecular flexibility index (Phi) is 4.87. The Labute approximate surface area is 174 Å². The fourth-order valence-corrected chi connectivity index (χ4v) is 4.38. The zero-order valence-corrected chi connectivity index (χ0v) is 16.7. The highest BCUT2D eigenvalue weighted by Crippen LogP contribution is 2.33. The van der Waals surface area contributed by atoms with Gasteiger partial charge >= 0.3 is 0 Å². The first-order valence-corrected chi connectivity index (χ1v) is 10.4. The summed E-state index contributed by atoms with van der Waals surface area (Å²) in [6, 6.07) is 16.2. The number of benzene rings is 2. The van der Waals surface area contributed by atoms with Crippen molar-refractivity contribution in [2.45, 2.75) is 0 Å². The van der Waals surface area contributed by atoms with Gasteiger partial charge in [0, 0.05) is 35.4 Å². The fraction of sp³-hybridized carbons (Fsp3) is 0.174. The first-order chi connectivity index (χ1) is 14.3. The predicted octanol–water partition coefficient (Wildman–Crippen LogP) is 5.00. The van der Waals surface area contributed by atoms with E-state index in [9.17, 15) is 0 Å². The van der Waals surface area contributed by atoms with Gasteiger partial charge < -0.3 is 15.0 Å². The molecule has 3 heterocycles. The minimum atomic E-state index is 0.583. The van der Waals surface area contributed by atoms with E-state index < -0.39 is 0 Å². The SMILES string of the molecule is [CH]c1cccc(-c2csc3cnc(Nc4ccc(N5CCOCC5)cc4)nc23)c1. The Balaban J connectivity index is 1.40. The number of hydrogen-bond acceptors (Lipinski definition) is 6. The first kappa shape index (κ1) is 18.1. The Morgan fingerprint density at radius 2 is 1.90 bits per heavy atom. The van der Waals surface area contributed by atoms with Gasteiger partial charge in [0.05, 0.1) is 29.6 Å². The maximum Gasteiger partial charge on any atom is 0.227 e. The molecule has 2 radical (unpaired) electrons. The largest absolute Gasteiger partial charge is 0.378 e. The third kappa shape index (κ3) is 3.81. The van der Waals surface area contributed by atoms with E-state index in [0.29, 0.717) is 5.95 Å². The molecule has 1 aliphatic heterocycles. The molecule has 1 fully saturated rings. The first-order valence-electron chi connectivity index (χ1n) is 9.56. The molecule has 0 saturated carbocycles. The van der Waals surface area contributed by atoms with Crippen LogP contribution in [0.2, 0.25) is 0 Å². The number of ether oxygens (including phenoxy) is 1. The normalized spacial score (nSPS) is 14.3. The molecule has 0 atom stereocenters. The van der Waals surface area contributed by atoms with Crippen LogP contribution in [0, 0.1) is 6.92 Å². The minimum Gasteiger partial charge on any atom is -0.378 e. The molecule has 29 heavy (non-hydrogen) atoms. The maximum absolute atomic E-state index is 5.95. The average molecular weight is 401 g/mol. The molecule has 1 N–H and O–H groups in total. The van der Waals surface area contributed by atoms with Crippen molar-refractivity contribution >= 4 is 38.9 Å². The Morgan fingerprint density at radius 3 is 2.69 bits per heavy atom. The van der Waals surface area contributed by atoms with Crippen molar-refractivity contribution in [3.05, 3.63) is 72.6 Å². The Bertz CT molecular complexity index is 1130. The highest BCUT2D eigenvalue weighted by molar-refractivity contribution is 7.17. The second-order valence-electron chi connectivity index (χ2n) is 6.95. The molecule has 144 valence electrons. The minimum absolute atomic E-state index is 0.583. The van der Waals surface area contributed by atoms with Gasteiger partial charge in [0.1, 0.15) is 0 Å². The zero-order chi connectivity index (χ0) is 19.6.